The van der Waals surface area contributed by atoms with Gasteiger partial charge in [-0.1, -0.05) is 31.9 Å². The molecule has 1 rings (SSSR count). The number of carbonyl (C=O) groups excluding carboxylic acids is 1. The third-order valence-corrected chi connectivity index (χ3v) is 2.19. The molecular weight excluding hydrogens is 212 g/mol. The first-order chi connectivity index (χ1) is 8.19. The third-order valence-electron chi connectivity index (χ3n) is 2.19. The lowest BCUT2D eigenvalue weighted by Crippen LogP contribution is -2.12. The van der Waals surface area contributed by atoms with E-state index >= 15 is 0 Å². The van der Waals surface area contributed by atoms with Crippen molar-refractivity contribution in [3.05, 3.63) is 35.4 Å². The van der Waals surface area contributed by atoms with Crippen molar-refractivity contribution in [3.63, 3.8) is 0 Å². The summed E-state index contributed by atoms with van der Waals surface area (Å²) in [6, 6.07) is 7.39. The highest BCUT2D eigenvalue weighted by atomic mass is 16.5. The SMILES string of the molecule is C#Cc1cccc(C(C)C(=O)OCC)c1.CC. The number of benzene rings is 1. The highest BCUT2D eigenvalue weighted by molar-refractivity contribution is 5.77. The summed E-state index contributed by atoms with van der Waals surface area (Å²) < 4.78 is 4.94. The molecule has 0 fully saturated rings. The molecule has 1 aromatic carbocycles. The van der Waals surface area contributed by atoms with Gasteiger partial charge in [0.2, 0.25) is 0 Å². The van der Waals surface area contributed by atoms with Gasteiger partial charge in [-0.05, 0) is 31.5 Å². The molecule has 0 aliphatic rings. The Morgan fingerprint density at radius 1 is 1.47 bits per heavy atom. The maximum atomic E-state index is 11.5. The van der Waals surface area contributed by atoms with E-state index in [0.717, 1.165) is 11.1 Å². The van der Waals surface area contributed by atoms with Crippen molar-refractivity contribution in [1.29, 1.82) is 0 Å². The van der Waals surface area contributed by atoms with Crippen LogP contribution in [0.3, 0.4) is 0 Å². The van der Waals surface area contributed by atoms with E-state index in [9.17, 15) is 4.79 Å². The lowest BCUT2D eigenvalue weighted by molar-refractivity contribution is -0.144. The van der Waals surface area contributed by atoms with Gasteiger partial charge in [-0.15, -0.1) is 6.42 Å². The number of terminal acetylenes is 1. The first-order valence-corrected chi connectivity index (χ1v) is 5.92. The molecule has 0 radical (unpaired) electrons. The number of ether oxygens (including phenoxy) is 1. The van der Waals surface area contributed by atoms with Gasteiger partial charge in [-0.25, -0.2) is 0 Å². The zero-order chi connectivity index (χ0) is 13.3. The molecule has 2 nitrogen and oxygen atoms in total. The van der Waals surface area contributed by atoms with E-state index < -0.39 is 0 Å². The van der Waals surface area contributed by atoms with Crippen LogP contribution in [-0.2, 0) is 9.53 Å². The summed E-state index contributed by atoms with van der Waals surface area (Å²) in [7, 11) is 0. The van der Waals surface area contributed by atoms with E-state index in [-0.39, 0.29) is 11.9 Å². The van der Waals surface area contributed by atoms with Crippen LogP contribution < -0.4 is 0 Å². The third kappa shape index (κ3) is 4.74. The van der Waals surface area contributed by atoms with Crippen LogP contribution in [0, 0.1) is 12.3 Å². The minimum Gasteiger partial charge on any atom is -0.466 e. The highest BCUT2D eigenvalue weighted by Crippen LogP contribution is 2.17. The fourth-order valence-electron chi connectivity index (χ4n) is 1.30. The lowest BCUT2D eigenvalue weighted by atomic mass is 9.99. The van der Waals surface area contributed by atoms with Crippen LogP contribution in [0.1, 0.15) is 44.7 Å². The van der Waals surface area contributed by atoms with Crippen molar-refractivity contribution in [3.8, 4) is 12.3 Å². The second-order valence-corrected chi connectivity index (χ2v) is 3.24. The van der Waals surface area contributed by atoms with Crippen LogP contribution >= 0.6 is 0 Å². The largest absolute Gasteiger partial charge is 0.466 e. The first-order valence-electron chi connectivity index (χ1n) is 5.92. The van der Waals surface area contributed by atoms with Gasteiger partial charge in [0.05, 0.1) is 12.5 Å². The monoisotopic (exact) mass is 232 g/mol. The highest BCUT2D eigenvalue weighted by Gasteiger charge is 2.15. The van der Waals surface area contributed by atoms with Crippen LogP contribution in [-0.4, -0.2) is 12.6 Å². The van der Waals surface area contributed by atoms with Crippen LogP contribution in [0.15, 0.2) is 24.3 Å². The molecule has 0 aliphatic heterocycles. The molecule has 1 atom stereocenters. The molecule has 1 aromatic rings. The van der Waals surface area contributed by atoms with Crippen molar-refractivity contribution in [2.24, 2.45) is 0 Å². The molecular formula is C15H20O2. The quantitative estimate of drug-likeness (QED) is 0.590. The normalized spacial score (nSPS) is 10.5. The van der Waals surface area contributed by atoms with Crippen LogP contribution in [0.2, 0.25) is 0 Å². The van der Waals surface area contributed by atoms with Gasteiger partial charge in [0.1, 0.15) is 0 Å². The Balaban J connectivity index is 0.00000121. The molecule has 0 N–H and O–H groups in total. The predicted molar refractivity (Wildman–Crippen MR) is 70.8 cm³/mol. The Bertz CT molecular complexity index is 388. The molecule has 1 unspecified atom stereocenters. The fraction of sp³-hybridized carbons (Fsp3) is 0.400. The summed E-state index contributed by atoms with van der Waals surface area (Å²) in [6.45, 7) is 8.01. The van der Waals surface area contributed by atoms with Gasteiger partial charge in [-0.3, -0.25) is 4.79 Å². The van der Waals surface area contributed by atoms with Crippen molar-refractivity contribution in [1.82, 2.24) is 0 Å². The van der Waals surface area contributed by atoms with Gasteiger partial charge in [0, 0.05) is 5.56 Å². The van der Waals surface area contributed by atoms with E-state index in [1.807, 2.05) is 45.0 Å². The van der Waals surface area contributed by atoms with Crippen molar-refractivity contribution in [2.45, 2.75) is 33.6 Å². The Morgan fingerprint density at radius 3 is 2.65 bits per heavy atom. The average Bonchev–Trinajstić information content (AvgIpc) is 2.40. The smallest absolute Gasteiger partial charge is 0.313 e. The lowest BCUT2D eigenvalue weighted by Gasteiger charge is -2.10. The van der Waals surface area contributed by atoms with Gasteiger partial charge in [-0.2, -0.15) is 0 Å². The minimum absolute atomic E-state index is 0.216. The van der Waals surface area contributed by atoms with E-state index in [1.54, 1.807) is 6.92 Å². The van der Waals surface area contributed by atoms with Crippen molar-refractivity contribution in [2.75, 3.05) is 6.61 Å². The summed E-state index contributed by atoms with van der Waals surface area (Å²) in [5, 5.41) is 0. The van der Waals surface area contributed by atoms with Gasteiger partial charge in [0.15, 0.2) is 0 Å². The van der Waals surface area contributed by atoms with Crippen LogP contribution in [0.4, 0.5) is 0 Å². The Kier molecular flexibility index (Phi) is 7.54. The summed E-state index contributed by atoms with van der Waals surface area (Å²) in [4.78, 5) is 11.5. The summed E-state index contributed by atoms with van der Waals surface area (Å²) in [5.74, 6) is 2.06. The number of esters is 1. The summed E-state index contributed by atoms with van der Waals surface area (Å²) in [6.07, 6.45) is 5.29. The molecule has 0 saturated carbocycles. The fourth-order valence-corrected chi connectivity index (χ4v) is 1.30. The first kappa shape index (κ1) is 15.2. The Hall–Kier alpha value is -1.75. The van der Waals surface area contributed by atoms with Gasteiger partial charge >= 0.3 is 5.97 Å². The standard InChI is InChI=1S/C13H14O2.C2H6/c1-4-11-7-6-8-12(9-11)10(3)13(14)15-5-2;1-2/h1,6-10H,5H2,2-3H3;1-2H3. The van der Waals surface area contributed by atoms with E-state index in [1.165, 1.54) is 0 Å². The van der Waals surface area contributed by atoms with Crippen LogP contribution in [0.25, 0.3) is 0 Å². The predicted octanol–water partition coefficient (Wildman–Crippen LogP) is 3.36. The molecule has 2 heteroatoms. The average molecular weight is 232 g/mol. The maximum absolute atomic E-state index is 11.5. The van der Waals surface area contributed by atoms with Gasteiger partial charge < -0.3 is 4.74 Å². The zero-order valence-electron chi connectivity index (χ0n) is 11.0. The number of hydrogen-bond donors (Lipinski definition) is 0. The Morgan fingerprint density at radius 2 is 2.12 bits per heavy atom. The van der Waals surface area contributed by atoms with Crippen molar-refractivity contribution >= 4 is 5.97 Å². The Labute approximate surface area is 104 Å². The topological polar surface area (TPSA) is 26.3 Å². The molecule has 0 aliphatic carbocycles. The molecule has 0 saturated heterocycles. The van der Waals surface area contributed by atoms with Crippen molar-refractivity contribution < 1.29 is 9.53 Å². The number of carbonyl (C=O) groups is 1. The minimum atomic E-state index is -0.266. The van der Waals surface area contributed by atoms with E-state index in [0.29, 0.717) is 6.61 Å². The molecule has 0 aromatic heterocycles. The zero-order valence-corrected chi connectivity index (χ0v) is 11.0. The molecule has 0 amide bonds. The number of hydrogen-bond acceptors (Lipinski definition) is 2. The second-order valence-electron chi connectivity index (χ2n) is 3.24. The molecule has 92 valence electrons. The molecule has 17 heavy (non-hydrogen) atoms. The number of rotatable bonds is 3. The maximum Gasteiger partial charge on any atom is 0.313 e. The van der Waals surface area contributed by atoms with Crippen LogP contribution in [0.5, 0.6) is 0 Å². The second kappa shape index (κ2) is 8.41. The summed E-state index contributed by atoms with van der Waals surface area (Å²) in [5.41, 5.74) is 1.67. The molecule has 0 bridgehead atoms. The molecule has 0 spiro atoms. The summed E-state index contributed by atoms with van der Waals surface area (Å²) >= 11 is 0. The van der Waals surface area contributed by atoms with E-state index in [4.69, 9.17) is 11.2 Å². The van der Waals surface area contributed by atoms with Gasteiger partial charge in [0.25, 0.3) is 0 Å². The van der Waals surface area contributed by atoms with E-state index in [2.05, 4.69) is 5.92 Å². The molecule has 0 heterocycles.